The van der Waals surface area contributed by atoms with Gasteiger partial charge >= 0.3 is 11.9 Å². The van der Waals surface area contributed by atoms with Crippen molar-refractivity contribution in [3.63, 3.8) is 0 Å². The Morgan fingerprint density at radius 2 is 2.10 bits per heavy atom. The zero-order valence-corrected chi connectivity index (χ0v) is 17.7. The molecule has 0 aliphatic heterocycles. The molecular weight excluding hydrogens is 431 g/mol. The van der Waals surface area contributed by atoms with E-state index in [1.165, 1.54) is 24.3 Å². The molecule has 2 aromatic heterocycles. The topological polar surface area (TPSA) is 109 Å². The number of hydrogen-bond acceptors (Lipinski definition) is 7. The van der Waals surface area contributed by atoms with Crippen LogP contribution in [0, 0.1) is 12.7 Å². The van der Waals surface area contributed by atoms with Crippen LogP contribution in [0.15, 0.2) is 29.1 Å². The number of carboxylic acids is 1. The van der Waals surface area contributed by atoms with Crippen molar-refractivity contribution in [3.05, 3.63) is 62.3 Å². The summed E-state index contributed by atoms with van der Waals surface area (Å²) in [6.45, 7) is 3.52. The van der Waals surface area contributed by atoms with Gasteiger partial charge in [-0.3, -0.25) is 9.59 Å². The summed E-state index contributed by atoms with van der Waals surface area (Å²) in [6, 6.07) is 5.98. The van der Waals surface area contributed by atoms with Crippen LogP contribution >= 0.6 is 23.1 Å². The van der Waals surface area contributed by atoms with Gasteiger partial charge in [-0.25, -0.2) is 14.2 Å². The number of carbonyl (C=O) groups is 2. The average molecular weight is 448 g/mol. The summed E-state index contributed by atoms with van der Waals surface area (Å²) in [6.07, 6.45) is 1.43. The number of thiophene rings is 1. The lowest BCUT2D eigenvalue weighted by atomic mass is 10.2. The van der Waals surface area contributed by atoms with Crippen LogP contribution in [0.1, 0.15) is 33.5 Å². The average Bonchev–Trinajstić information content (AvgIpc) is 3.03. The van der Waals surface area contributed by atoms with E-state index in [0.29, 0.717) is 10.4 Å². The van der Waals surface area contributed by atoms with Gasteiger partial charge in [-0.15, -0.1) is 23.1 Å². The number of rotatable bonds is 7. The Bertz CT molecular complexity index is 1220. The van der Waals surface area contributed by atoms with E-state index in [-0.39, 0.29) is 38.9 Å². The summed E-state index contributed by atoms with van der Waals surface area (Å²) in [7, 11) is 0. The molecule has 0 spiro atoms. The van der Waals surface area contributed by atoms with Gasteiger partial charge in [0.15, 0.2) is 0 Å². The fourth-order valence-electron chi connectivity index (χ4n) is 2.70. The van der Waals surface area contributed by atoms with Gasteiger partial charge in [0, 0.05) is 5.56 Å². The molecule has 0 unspecified atom stereocenters. The maximum atomic E-state index is 14.1. The quantitative estimate of drug-likeness (QED) is 0.527. The monoisotopic (exact) mass is 448 g/mol. The minimum atomic E-state index is -1.07. The number of thioether (sulfide) groups is 1. The largest absolute Gasteiger partial charge is 0.481 e. The number of aromatic nitrogens is 2. The zero-order chi connectivity index (χ0) is 21.8. The lowest BCUT2D eigenvalue weighted by Crippen LogP contribution is -2.11. The number of carboxylic acid groups (broad SMARTS) is 1. The van der Waals surface area contributed by atoms with Crippen molar-refractivity contribution in [3.8, 4) is 0 Å². The minimum Gasteiger partial charge on any atom is -0.481 e. The standard InChI is InChI=1S/C20H17FN2O5S2/c1-3-28-20(27)16-10(2)15-18(26)22-17(23-19(15)30-16)13(29-9-14(24)25)8-11-6-4-5-7-12(11)21/h4-8H,3,9H2,1-2H3,(H,24,25)(H,22,23,26)/b13-8-. The summed E-state index contributed by atoms with van der Waals surface area (Å²) in [4.78, 5) is 43.8. The van der Waals surface area contributed by atoms with Crippen LogP contribution in [-0.2, 0) is 9.53 Å². The van der Waals surface area contributed by atoms with Crippen LogP contribution in [0.2, 0.25) is 0 Å². The van der Waals surface area contributed by atoms with Crippen molar-refractivity contribution in [1.82, 2.24) is 9.97 Å². The van der Waals surface area contributed by atoms with Gasteiger partial charge in [0.05, 0.1) is 22.7 Å². The number of H-pyrrole nitrogens is 1. The molecular formula is C20H17FN2O5S2. The van der Waals surface area contributed by atoms with Crippen LogP contribution in [0.4, 0.5) is 4.39 Å². The molecule has 0 aliphatic rings. The van der Waals surface area contributed by atoms with Crippen LogP contribution in [0.5, 0.6) is 0 Å². The van der Waals surface area contributed by atoms with Crippen LogP contribution in [0.25, 0.3) is 21.2 Å². The van der Waals surface area contributed by atoms with Crippen molar-refractivity contribution >= 4 is 56.2 Å². The van der Waals surface area contributed by atoms with Gasteiger partial charge in [-0.05, 0) is 31.6 Å². The summed E-state index contributed by atoms with van der Waals surface area (Å²) >= 11 is 1.92. The van der Waals surface area contributed by atoms with E-state index in [0.717, 1.165) is 23.1 Å². The number of esters is 1. The molecule has 3 rings (SSSR count). The van der Waals surface area contributed by atoms with Crippen molar-refractivity contribution in [2.24, 2.45) is 0 Å². The molecule has 0 fully saturated rings. The molecule has 0 bridgehead atoms. The molecule has 0 saturated carbocycles. The summed E-state index contributed by atoms with van der Waals surface area (Å²) < 4.78 is 19.1. The molecule has 10 heteroatoms. The number of nitrogens with one attached hydrogen (secondary N) is 1. The second-order valence-corrected chi connectivity index (χ2v) is 8.10. The number of ether oxygens (including phenoxy) is 1. The normalized spacial score (nSPS) is 11.6. The summed E-state index contributed by atoms with van der Waals surface area (Å²) in [5, 5.41) is 9.31. The zero-order valence-electron chi connectivity index (χ0n) is 16.0. The van der Waals surface area contributed by atoms with E-state index in [2.05, 4.69) is 9.97 Å². The highest BCUT2D eigenvalue weighted by molar-refractivity contribution is 8.09. The SMILES string of the molecule is CCOC(=O)c1sc2nc(/C(=C/c3ccccc3F)SCC(=O)O)[nH]c(=O)c2c1C. The van der Waals surface area contributed by atoms with Crippen molar-refractivity contribution in [1.29, 1.82) is 0 Å². The first kappa shape index (κ1) is 21.7. The fraction of sp³-hybridized carbons (Fsp3) is 0.200. The minimum absolute atomic E-state index is 0.0960. The number of aromatic amines is 1. The molecule has 0 aliphatic carbocycles. The van der Waals surface area contributed by atoms with E-state index in [1.54, 1.807) is 19.9 Å². The molecule has 0 radical (unpaired) electrons. The lowest BCUT2D eigenvalue weighted by Gasteiger charge is -2.06. The number of nitrogens with zero attached hydrogens (tertiary/aromatic N) is 1. The number of aliphatic carboxylic acids is 1. The van der Waals surface area contributed by atoms with Crippen molar-refractivity contribution < 1.29 is 23.8 Å². The maximum absolute atomic E-state index is 14.1. The Morgan fingerprint density at radius 1 is 1.37 bits per heavy atom. The molecule has 0 atom stereocenters. The van der Waals surface area contributed by atoms with Crippen molar-refractivity contribution in [2.45, 2.75) is 13.8 Å². The Kier molecular flexibility index (Phi) is 6.68. The Morgan fingerprint density at radius 3 is 2.77 bits per heavy atom. The molecule has 7 nitrogen and oxygen atoms in total. The molecule has 3 aromatic rings. The summed E-state index contributed by atoms with van der Waals surface area (Å²) in [5.41, 5.74) is 0.212. The van der Waals surface area contributed by atoms with Crippen molar-refractivity contribution in [2.75, 3.05) is 12.4 Å². The van der Waals surface area contributed by atoms with Gasteiger partial charge < -0.3 is 14.8 Å². The molecule has 2 heterocycles. The number of halogens is 1. The number of aryl methyl sites for hydroxylation is 1. The smallest absolute Gasteiger partial charge is 0.348 e. The first-order valence-electron chi connectivity index (χ1n) is 8.83. The number of fused-ring (bicyclic) bond motifs is 1. The van der Waals surface area contributed by atoms with Gasteiger partial charge in [0.1, 0.15) is 21.3 Å². The van der Waals surface area contributed by atoms with Crippen LogP contribution in [-0.4, -0.2) is 39.4 Å². The molecule has 2 N–H and O–H groups in total. The molecule has 1 aromatic carbocycles. The third-order valence-corrected chi connectivity index (χ3v) is 6.22. The molecule has 156 valence electrons. The van der Waals surface area contributed by atoms with Crippen LogP contribution in [0.3, 0.4) is 0 Å². The highest BCUT2D eigenvalue weighted by Gasteiger charge is 2.21. The van der Waals surface area contributed by atoms with E-state index < -0.39 is 23.3 Å². The number of benzene rings is 1. The predicted molar refractivity (Wildman–Crippen MR) is 115 cm³/mol. The highest BCUT2D eigenvalue weighted by atomic mass is 32.2. The Balaban J connectivity index is 2.15. The number of carbonyl (C=O) groups excluding carboxylic acids is 1. The Labute approximate surface area is 178 Å². The third-order valence-electron chi connectivity index (χ3n) is 4.04. The second kappa shape index (κ2) is 9.23. The predicted octanol–water partition coefficient (Wildman–Crippen LogP) is 3.92. The second-order valence-electron chi connectivity index (χ2n) is 6.08. The fourth-order valence-corrected chi connectivity index (χ4v) is 4.50. The first-order chi connectivity index (χ1) is 14.3. The highest BCUT2D eigenvalue weighted by Crippen LogP contribution is 2.32. The van der Waals surface area contributed by atoms with E-state index in [4.69, 9.17) is 9.84 Å². The number of hydrogen-bond donors (Lipinski definition) is 2. The maximum Gasteiger partial charge on any atom is 0.348 e. The van der Waals surface area contributed by atoms with E-state index in [9.17, 15) is 18.8 Å². The van der Waals surface area contributed by atoms with E-state index in [1.807, 2.05) is 0 Å². The summed E-state index contributed by atoms with van der Waals surface area (Å²) in [5.74, 6) is -2.31. The molecule has 0 saturated heterocycles. The van der Waals surface area contributed by atoms with Gasteiger partial charge in [0.2, 0.25) is 0 Å². The Hall–Kier alpha value is -2.98. The van der Waals surface area contributed by atoms with E-state index >= 15 is 0 Å². The molecule has 30 heavy (non-hydrogen) atoms. The third kappa shape index (κ3) is 4.60. The lowest BCUT2D eigenvalue weighted by molar-refractivity contribution is -0.133. The van der Waals surface area contributed by atoms with Crippen LogP contribution < -0.4 is 5.56 Å². The van der Waals surface area contributed by atoms with Gasteiger partial charge in [-0.1, -0.05) is 18.2 Å². The molecule has 0 amide bonds. The first-order valence-corrected chi connectivity index (χ1v) is 10.6. The van der Waals surface area contributed by atoms with Gasteiger partial charge in [0.25, 0.3) is 5.56 Å². The van der Waals surface area contributed by atoms with Gasteiger partial charge in [-0.2, -0.15) is 0 Å².